The molecule has 2 aliphatic rings. The fourth-order valence-electron chi connectivity index (χ4n) is 7.13. The van der Waals surface area contributed by atoms with E-state index in [1.165, 1.54) is 10.1 Å². The lowest BCUT2D eigenvalue weighted by atomic mass is 9.58. The molecule has 33 heavy (non-hydrogen) atoms. The average Bonchev–Trinajstić information content (AvgIpc) is 2.63. The van der Waals surface area contributed by atoms with Gasteiger partial charge in [0.1, 0.15) is 0 Å². The van der Waals surface area contributed by atoms with Crippen molar-refractivity contribution in [2.24, 2.45) is 23.2 Å². The molecule has 0 aromatic heterocycles. The molecule has 2 saturated heterocycles. The monoisotopic (exact) mass is 470 g/mol. The first-order chi connectivity index (χ1) is 14.7. The highest BCUT2D eigenvalue weighted by Gasteiger charge is 2.56. The third kappa shape index (κ3) is 5.09. The SMILES string of the molecule is CCC(CC(C1CC(C)(C)N(O)C(C)(C)C1)C1CC(C)(C)N(O)C(C)(C)C1)(C(=O)O)C(=O)O. The van der Waals surface area contributed by atoms with Crippen molar-refractivity contribution in [3.05, 3.63) is 0 Å². The van der Waals surface area contributed by atoms with E-state index in [2.05, 4.69) is 0 Å². The summed E-state index contributed by atoms with van der Waals surface area (Å²) in [6.45, 7) is 17.4. The van der Waals surface area contributed by atoms with E-state index in [0.29, 0.717) is 25.7 Å². The Labute approximate surface area is 198 Å². The van der Waals surface area contributed by atoms with Crippen molar-refractivity contribution in [3.8, 4) is 0 Å². The van der Waals surface area contributed by atoms with Gasteiger partial charge in [-0.25, -0.2) is 0 Å². The Kier molecular flexibility index (Phi) is 7.45. The average molecular weight is 471 g/mol. The van der Waals surface area contributed by atoms with Gasteiger partial charge < -0.3 is 20.6 Å². The van der Waals surface area contributed by atoms with Gasteiger partial charge in [-0.3, -0.25) is 9.59 Å². The lowest BCUT2D eigenvalue weighted by Gasteiger charge is -2.57. The number of carbonyl (C=O) groups is 2. The Morgan fingerprint density at radius 3 is 1.24 bits per heavy atom. The third-order valence-corrected chi connectivity index (χ3v) is 8.56. The Morgan fingerprint density at radius 1 is 0.758 bits per heavy atom. The second-order valence-corrected chi connectivity index (χ2v) is 13.1. The van der Waals surface area contributed by atoms with Crippen molar-refractivity contribution in [2.75, 3.05) is 0 Å². The van der Waals surface area contributed by atoms with Gasteiger partial charge in [0.15, 0.2) is 5.41 Å². The summed E-state index contributed by atoms with van der Waals surface area (Å²) >= 11 is 0. The molecular formula is C25H46N2O6. The normalized spacial score (nSPS) is 26.4. The number of rotatable bonds is 7. The second kappa shape index (κ2) is 8.77. The van der Waals surface area contributed by atoms with Gasteiger partial charge in [-0.1, -0.05) is 6.92 Å². The highest BCUT2D eigenvalue weighted by atomic mass is 16.5. The lowest BCUT2D eigenvalue weighted by molar-refractivity contribution is -0.268. The molecule has 2 fully saturated rings. The summed E-state index contributed by atoms with van der Waals surface area (Å²) in [6, 6.07) is 0. The van der Waals surface area contributed by atoms with Crippen LogP contribution in [0, 0.1) is 23.2 Å². The van der Waals surface area contributed by atoms with Crippen LogP contribution in [-0.4, -0.2) is 64.8 Å². The Hall–Kier alpha value is -1.22. The topological polar surface area (TPSA) is 122 Å². The molecule has 0 bridgehead atoms. The van der Waals surface area contributed by atoms with Crippen molar-refractivity contribution < 1.29 is 30.2 Å². The fraction of sp³-hybridized carbons (Fsp3) is 0.920. The zero-order valence-corrected chi connectivity index (χ0v) is 22.0. The molecule has 0 amide bonds. The molecule has 192 valence electrons. The maximum absolute atomic E-state index is 12.3. The largest absolute Gasteiger partial charge is 0.480 e. The molecular weight excluding hydrogens is 424 g/mol. The fourth-order valence-corrected chi connectivity index (χ4v) is 7.13. The minimum absolute atomic E-state index is 0.00539. The van der Waals surface area contributed by atoms with Gasteiger partial charge in [0, 0.05) is 22.2 Å². The van der Waals surface area contributed by atoms with E-state index >= 15 is 0 Å². The van der Waals surface area contributed by atoms with Crippen LogP contribution in [-0.2, 0) is 9.59 Å². The number of hydrogen-bond donors (Lipinski definition) is 4. The molecule has 0 aliphatic carbocycles. The summed E-state index contributed by atoms with van der Waals surface area (Å²) in [6.07, 6.45) is 2.59. The van der Waals surface area contributed by atoms with Crippen LogP contribution < -0.4 is 0 Å². The van der Waals surface area contributed by atoms with Crippen LogP contribution in [0.4, 0.5) is 0 Å². The molecule has 8 nitrogen and oxygen atoms in total. The van der Waals surface area contributed by atoms with Gasteiger partial charge in [0.2, 0.25) is 0 Å². The predicted octanol–water partition coefficient (Wildman–Crippen LogP) is 4.88. The van der Waals surface area contributed by atoms with Gasteiger partial charge in [-0.05, 0) is 112 Å². The number of carboxylic acids is 2. The van der Waals surface area contributed by atoms with E-state index in [0.717, 1.165) is 0 Å². The third-order valence-electron chi connectivity index (χ3n) is 8.56. The smallest absolute Gasteiger partial charge is 0.321 e. The van der Waals surface area contributed by atoms with Gasteiger partial charge >= 0.3 is 11.9 Å². The second-order valence-electron chi connectivity index (χ2n) is 13.1. The molecule has 0 spiro atoms. The zero-order valence-electron chi connectivity index (χ0n) is 22.0. The molecule has 0 atom stereocenters. The first kappa shape index (κ1) is 28.0. The summed E-state index contributed by atoms with van der Waals surface area (Å²) in [4.78, 5) is 24.7. The van der Waals surface area contributed by atoms with Crippen LogP contribution in [0.5, 0.6) is 0 Å². The molecule has 2 rings (SSSR count). The predicted molar refractivity (Wildman–Crippen MR) is 125 cm³/mol. The Balaban J connectivity index is 2.60. The van der Waals surface area contributed by atoms with Crippen LogP contribution >= 0.6 is 0 Å². The molecule has 0 saturated carbocycles. The van der Waals surface area contributed by atoms with E-state index in [-0.39, 0.29) is 30.6 Å². The standard InChI is InChI=1S/C25H46N2O6/c1-10-25(19(28)29,20(30)31)15-18(16-11-21(2,3)26(32)22(4,5)12-16)17-13-23(6,7)27(33)24(8,9)14-17/h16-18,32-33H,10-15H2,1-9H3,(H,28,29)(H,30,31). The highest BCUT2D eigenvalue weighted by molar-refractivity contribution is 5.98. The van der Waals surface area contributed by atoms with Crippen molar-refractivity contribution in [1.29, 1.82) is 0 Å². The minimum atomic E-state index is -1.86. The molecule has 0 radical (unpaired) electrons. The number of carboxylic acid groups (broad SMARTS) is 2. The van der Waals surface area contributed by atoms with Crippen LogP contribution in [0.3, 0.4) is 0 Å². The maximum Gasteiger partial charge on any atom is 0.321 e. The van der Waals surface area contributed by atoms with E-state index < -0.39 is 39.5 Å². The van der Waals surface area contributed by atoms with Crippen molar-refractivity contribution in [3.63, 3.8) is 0 Å². The van der Waals surface area contributed by atoms with E-state index in [9.17, 15) is 30.2 Å². The molecule has 2 aliphatic heterocycles. The molecule has 8 heteroatoms. The molecule has 0 aromatic rings. The quantitative estimate of drug-likeness (QED) is 0.389. The molecule has 0 aromatic carbocycles. The first-order valence-electron chi connectivity index (χ1n) is 12.2. The summed E-state index contributed by atoms with van der Waals surface area (Å²) in [5, 5.41) is 44.6. The number of hydroxylamine groups is 4. The highest BCUT2D eigenvalue weighted by Crippen LogP contribution is 2.53. The number of nitrogens with zero attached hydrogens (tertiary/aromatic N) is 2. The molecule has 0 unspecified atom stereocenters. The maximum atomic E-state index is 12.3. The minimum Gasteiger partial charge on any atom is -0.480 e. The number of piperidine rings is 2. The van der Waals surface area contributed by atoms with Crippen molar-refractivity contribution in [2.45, 2.75) is 123 Å². The van der Waals surface area contributed by atoms with Crippen LogP contribution in [0.1, 0.15) is 101 Å². The van der Waals surface area contributed by atoms with E-state index in [1.807, 2.05) is 55.4 Å². The number of aliphatic carboxylic acids is 2. The van der Waals surface area contributed by atoms with E-state index in [4.69, 9.17) is 0 Å². The summed E-state index contributed by atoms with van der Waals surface area (Å²) in [5.41, 5.74) is -3.99. The van der Waals surface area contributed by atoms with Gasteiger partial charge in [-0.15, -0.1) is 0 Å². The summed E-state index contributed by atoms with van der Waals surface area (Å²) in [5.74, 6) is -2.70. The van der Waals surface area contributed by atoms with E-state index in [1.54, 1.807) is 6.92 Å². The zero-order chi connectivity index (χ0) is 25.8. The van der Waals surface area contributed by atoms with Crippen LogP contribution in [0.2, 0.25) is 0 Å². The van der Waals surface area contributed by atoms with Crippen molar-refractivity contribution in [1.82, 2.24) is 10.1 Å². The molecule has 2 heterocycles. The summed E-state index contributed by atoms with van der Waals surface area (Å²) in [7, 11) is 0. The van der Waals surface area contributed by atoms with Crippen LogP contribution in [0.25, 0.3) is 0 Å². The molecule has 4 N–H and O–H groups in total. The van der Waals surface area contributed by atoms with Crippen molar-refractivity contribution >= 4 is 11.9 Å². The van der Waals surface area contributed by atoms with Gasteiger partial charge in [0.25, 0.3) is 0 Å². The Bertz CT molecular complexity index is 668. The van der Waals surface area contributed by atoms with Crippen LogP contribution in [0.15, 0.2) is 0 Å². The summed E-state index contributed by atoms with van der Waals surface area (Å²) < 4.78 is 0. The number of hydrogen-bond acceptors (Lipinski definition) is 6. The lowest BCUT2D eigenvalue weighted by Crippen LogP contribution is -2.63. The Morgan fingerprint density at radius 2 is 1.03 bits per heavy atom. The van der Waals surface area contributed by atoms with Gasteiger partial charge in [0.05, 0.1) is 0 Å². The van der Waals surface area contributed by atoms with Gasteiger partial charge in [-0.2, -0.15) is 10.1 Å². The first-order valence-corrected chi connectivity index (χ1v) is 12.2.